The number of nitriles is 1. The van der Waals surface area contributed by atoms with Crippen LogP contribution in [-0.4, -0.2) is 47.2 Å². The van der Waals surface area contributed by atoms with Crippen LogP contribution >= 0.6 is 0 Å². The van der Waals surface area contributed by atoms with Gasteiger partial charge < -0.3 is 9.80 Å². The molecule has 6 nitrogen and oxygen atoms in total. The second-order valence-electron chi connectivity index (χ2n) is 7.01. The average Bonchev–Trinajstić information content (AvgIpc) is 2.94. The Morgan fingerprint density at radius 2 is 1.81 bits per heavy atom. The summed E-state index contributed by atoms with van der Waals surface area (Å²) in [6.45, 7) is 6.10. The SMILES string of the molecule is CC(C)(C#N)C(=O)N1CCCN(c2ccc(-c3ccccc3)nn2)CC1. The van der Waals surface area contributed by atoms with E-state index in [0.717, 1.165) is 30.0 Å². The molecule has 1 fully saturated rings. The van der Waals surface area contributed by atoms with E-state index in [2.05, 4.69) is 21.2 Å². The largest absolute Gasteiger partial charge is 0.353 e. The van der Waals surface area contributed by atoms with Gasteiger partial charge in [0.1, 0.15) is 5.41 Å². The second kappa shape index (κ2) is 7.52. The Hall–Kier alpha value is -2.94. The minimum absolute atomic E-state index is 0.104. The Morgan fingerprint density at radius 1 is 1.04 bits per heavy atom. The minimum Gasteiger partial charge on any atom is -0.353 e. The molecule has 0 radical (unpaired) electrons. The van der Waals surface area contributed by atoms with Crippen LogP contribution in [-0.2, 0) is 4.79 Å². The first-order valence-corrected chi connectivity index (χ1v) is 8.86. The number of carbonyl (C=O) groups excluding carboxylic acids is 1. The molecule has 1 aliphatic heterocycles. The molecule has 1 aliphatic rings. The molecule has 6 heteroatoms. The summed E-state index contributed by atoms with van der Waals surface area (Å²) in [5.41, 5.74) is 0.904. The van der Waals surface area contributed by atoms with Crippen molar-refractivity contribution in [3.8, 4) is 17.3 Å². The maximum atomic E-state index is 12.5. The number of amides is 1. The van der Waals surface area contributed by atoms with Crippen molar-refractivity contribution < 1.29 is 4.79 Å². The van der Waals surface area contributed by atoms with Gasteiger partial charge in [0.2, 0.25) is 5.91 Å². The lowest BCUT2D eigenvalue weighted by atomic mass is 9.94. The molecule has 2 aromatic rings. The molecule has 0 spiro atoms. The lowest BCUT2D eigenvalue weighted by Crippen LogP contribution is -2.42. The molecule has 0 bridgehead atoms. The summed E-state index contributed by atoms with van der Waals surface area (Å²) in [5.74, 6) is 0.714. The number of nitrogens with zero attached hydrogens (tertiary/aromatic N) is 5. The fraction of sp³-hybridized carbons (Fsp3) is 0.400. The number of hydrogen-bond donors (Lipinski definition) is 0. The first kappa shape index (κ1) is 17.9. The van der Waals surface area contributed by atoms with E-state index in [0.29, 0.717) is 19.6 Å². The number of hydrogen-bond acceptors (Lipinski definition) is 5. The number of benzene rings is 1. The van der Waals surface area contributed by atoms with Gasteiger partial charge in [-0.1, -0.05) is 30.3 Å². The summed E-state index contributed by atoms with van der Waals surface area (Å²) < 4.78 is 0. The molecular formula is C20H23N5O. The average molecular weight is 349 g/mol. The van der Waals surface area contributed by atoms with Crippen molar-refractivity contribution in [3.05, 3.63) is 42.5 Å². The first-order chi connectivity index (χ1) is 12.5. The number of rotatable bonds is 3. The second-order valence-corrected chi connectivity index (χ2v) is 7.01. The van der Waals surface area contributed by atoms with Crippen LogP contribution in [0.3, 0.4) is 0 Å². The van der Waals surface area contributed by atoms with Gasteiger partial charge in [-0.25, -0.2) is 0 Å². The molecule has 0 N–H and O–H groups in total. The summed E-state index contributed by atoms with van der Waals surface area (Å²) >= 11 is 0. The van der Waals surface area contributed by atoms with E-state index in [1.165, 1.54) is 0 Å². The quantitative estimate of drug-likeness (QED) is 0.852. The van der Waals surface area contributed by atoms with E-state index in [4.69, 9.17) is 0 Å². The molecule has 2 heterocycles. The van der Waals surface area contributed by atoms with Gasteiger partial charge in [0, 0.05) is 31.7 Å². The molecule has 1 aromatic carbocycles. The van der Waals surface area contributed by atoms with Crippen LogP contribution < -0.4 is 4.90 Å². The van der Waals surface area contributed by atoms with E-state index < -0.39 is 5.41 Å². The zero-order valence-corrected chi connectivity index (χ0v) is 15.2. The van der Waals surface area contributed by atoms with Crippen LogP contribution in [0.1, 0.15) is 20.3 Å². The lowest BCUT2D eigenvalue weighted by molar-refractivity contribution is -0.137. The summed E-state index contributed by atoms with van der Waals surface area (Å²) in [4.78, 5) is 16.4. The molecule has 1 aromatic heterocycles. The minimum atomic E-state index is -0.980. The summed E-state index contributed by atoms with van der Waals surface area (Å²) in [7, 11) is 0. The van der Waals surface area contributed by atoms with Crippen LogP contribution in [0.2, 0.25) is 0 Å². The number of anilines is 1. The van der Waals surface area contributed by atoms with Crippen molar-refractivity contribution >= 4 is 11.7 Å². The van der Waals surface area contributed by atoms with Gasteiger partial charge in [0.05, 0.1) is 11.8 Å². The van der Waals surface area contributed by atoms with Gasteiger partial charge in [-0.05, 0) is 32.4 Å². The molecule has 1 amide bonds. The van der Waals surface area contributed by atoms with Crippen molar-refractivity contribution in [3.63, 3.8) is 0 Å². The predicted octanol–water partition coefficient (Wildman–Crippen LogP) is 2.73. The highest BCUT2D eigenvalue weighted by Crippen LogP contribution is 2.21. The Morgan fingerprint density at radius 3 is 2.46 bits per heavy atom. The summed E-state index contributed by atoms with van der Waals surface area (Å²) in [5, 5.41) is 17.9. The van der Waals surface area contributed by atoms with Crippen molar-refractivity contribution in [2.24, 2.45) is 5.41 Å². The predicted molar refractivity (Wildman–Crippen MR) is 100 cm³/mol. The first-order valence-electron chi connectivity index (χ1n) is 8.86. The van der Waals surface area contributed by atoms with Gasteiger partial charge in [0.25, 0.3) is 0 Å². The van der Waals surface area contributed by atoms with Crippen LogP contribution in [0.25, 0.3) is 11.3 Å². The van der Waals surface area contributed by atoms with E-state index in [1.54, 1.807) is 18.7 Å². The highest BCUT2D eigenvalue weighted by atomic mass is 16.2. The molecule has 0 atom stereocenters. The van der Waals surface area contributed by atoms with E-state index in [1.807, 2.05) is 42.5 Å². The van der Waals surface area contributed by atoms with Crippen LogP contribution in [0.4, 0.5) is 5.82 Å². The number of carbonyl (C=O) groups is 1. The smallest absolute Gasteiger partial charge is 0.242 e. The van der Waals surface area contributed by atoms with Crippen molar-refractivity contribution in [1.29, 1.82) is 5.26 Å². The third-order valence-corrected chi connectivity index (χ3v) is 4.64. The lowest BCUT2D eigenvalue weighted by Gasteiger charge is -2.27. The van der Waals surface area contributed by atoms with Crippen LogP contribution in [0, 0.1) is 16.7 Å². The highest BCUT2D eigenvalue weighted by Gasteiger charge is 2.33. The maximum Gasteiger partial charge on any atom is 0.242 e. The molecule has 0 saturated carbocycles. The third kappa shape index (κ3) is 3.83. The van der Waals surface area contributed by atoms with Gasteiger partial charge in [-0.15, -0.1) is 10.2 Å². The van der Waals surface area contributed by atoms with Crippen molar-refractivity contribution in [2.75, 3.05) is 31.1 Å². The van der Waals surface area contributed by atoms with E-state index >= 15 is 0 Å². The fourth-order valence-corrected chi connectivity index (χ4v) is 3.05. The maximum absolute atomic E-state index is 12.5. The van der Waals surface area contributed by atoms with Gasteiger partial charge in [0.15, 0.2) is 5.82 Å². The molecule has 1 saturated heterocycles. The summed E-state index contributed by atoms with van der Waals surface area (Å²) in [6, 6.07) is 16.0. The van der Waals surface area contributed by atoms with Crippen LogP contribution in [0.15, 0.2) is 42.5 Å². The molecule has 0 aliphatic carbocycles. The van der Waals surface area contributed by atoms with E-state index in [-0.39, 0.29) is 5.91 Å². The Balaban J connectivity index is 1.68. The fourth-order valence-electron chi connectivity index (χ4n) is 3.05. The molecule has 3 rings (SSSR count). The normalized spacial score (nSPS) is 15.3. The zero-order chi connectivity index (χ0) is 18.6. The highest BCUT2D eigenvalue weighted by molar-refractivity contribution is 5.84. The van der Waals surface area contributed by atoms with Crippen molar-refractivity contribution in [1.82, 2.24) is 15.1 Å². The van der Waals surface area contributed by atoms with Gasteiger partial charge in [-0.2, -0.15) is 5.26 Å². The Bertz CT molecular complexity index is 795. The molecule has 0 unspecified atom stereocenters. The Labute approximate surface area is 154 Å². The molecule has 26 heavy (non-hydrogen) atoms. The summed E-state index contributed by atoms with van der Waals surface area (Å²) in [6.07, 6.45) is 0.843. The van der Waals surface area contributed by atoms with Crippen LogP contribution in [0.5, 0.6) is 0 Å². The molecular weight excluding hydrogens is 326 g/mol. The standard InChI is InChI=1S/C20H23N5O/c1-20(2,15-21)19(26)25-12-6-11-24(13-14-25)18-10-9-17(22-23-18)16-7-4-3-5-8-16/h3-5,7-10H,6,11-14H2,1-2H3. The van der Waals surface area contributed by atoms with Crippen molar-refractivity contribution in [2.45, 2.75) is 20.3 Å². The zero-order valence-electron chi connectivity index (χ0n) is 15.2. The third-order valence-electron chi connectivity index (χ3n) is 4.64. The monoisotopic (exact) mass is 349 g/mol. The topological polar surface area (TPSA) is 73.1 Å². The van der Waals surface area contributed by atoms with E-state index in [9.17, 15) is 10.1 Å². The number of aromatic nitrogens is 2. The van der Waals surface area contributed by atoms with Gasteiger partial charge in [-0.3, -0.25) is 4.79 Å². The van der Waals surface area contributed by atoms with Gasteiger partial charge >= 0.3 is 0 Å². The Kier molecular flexibility index (Phi) is 5.17. The molecule has 134 valence electrons.